The predicted molar refractivity (Wildman–Crippen MR) is 549 cm³/mol. The third-order valence-electron chi connectivity index (χ3n) is 27.3. The third-order valence-corrected chi connectivity index (χ3v) is 27.3. The average molecular weight is 1620 g/mol. The van der Waals surface area contributed by atoms with E-state index in [1.807, 2.05) is 0 Å². The van der Waals surface area contributed by atoms with E-state index in [-0.39, 0.29) is 0 Å². The van der Waals surface area contributed by atoms with Crippen LogP contribution in [0.2, 0.25) is 0 Å². The van der Waals surface area contributed by atoms with Crippen LogP contribution in [0, 0.1) is 0 Å². The summed E-state index contributed by atoms with van der Waals surface area (Å²) in [6, 6.07) is 174. The van der Waals surface area contributed by atoms with Crippen molar-refractivity contribution in [3.05, 3.63) is 485 Å². The van der Waals surface area contributed by atoms with Crippen molar-refractivity contribution >= 4 is 108 Å². The number of benzene rings is 25. The molecular weight excluding hydrogens is 1540 g/mol. The molecule has 592 valence electrons. The Morgan fingerprint density at radius 3 is 0.234 bits per heavy atom. The molecule has 32 rings (SSSR count). The van der Waals surface area contributed by atoms with Crippen LogP contribution in [0.1, 0.15) is 0 Å². The molecule has 0 unspecified atom stereocenters. The van der Waals surface area contributed by atoms with Gasteiger partial charge in [0.25, 0.3) is 0 Å². The summed E-state index contributed by atoms with van der Waals surface area (Å²) >= 11 is 0. The highest BCUT2D eigenvalue weighted by Gasteiger charge is 2.27. The predicted octanol–water partition coefficient (Wildman–Crippen LogP) is 36.0. The second-order valence-corrected chi connectivity index (χ2v) is 34.1. The average Bonchev–Trinajstić information content (AvgIpc) is 1.40. The molecule has 7 aliphatic carbocycles. The summed E-state index contributed by atoms with van der Waals surface area (Å²) in [7, 11) is 0. The van der Waals surface area contributed by atoms with Gasteiger partial charge in [-0.2, -0.15) is 0 Å². The van der Waals surface area contributed by atoms with Crippen molar-refractivity contribution in [1.82, 2.24) is 0 Å². The maximum Gasteiger partial charge on any atom is -0.00264 e. The lowest BCUT2D eigenvalue weighted by Gasteiger charge is -2.09. The Morgan fingerprint density at radius 1 is 0.0547 bits per heavy atom. The van der Waals surface area contributed by atoms with Crippen molar-refractivity contribution in [1.29, 1.82) is 0 Å². The maximum absolute atomic E-state index is 2.22. The molecule has 0 saturated heterocycles. The molecule has 0 bridgehead atoms. The van der Waals surface area contributed by atoms with E-state index in [0.717, 1.165) is 0 Å². The van der Waals surface area contributed by atoms with Crippen LogP contribution < -0.4 is 0 Å². The van der Waals surface area contributed by atoms with Crippen molar-refractivity contribution in [3.8, 4) is 156 Å². The van der Waals surface area contributed by atoms with Gasteiger partial charge in [0, 0.05) is 0 Å². The number of fused-ring (bicyclic) bond motifs is 21. The Labute approximate surface area is 743 Å². The molecule has 0 heterocycles. The molecule has 128 heavy (non-hydrogen) atoms. The molecular formula is C128H80. The van der Waals surface area contributed by atoms with E-state index in [1.54, 1.807) is 0 Å². The Balaban J connectivity index is 0.0000000793. The minimum Gasteiger partial charge on any atom is -0.0616 e. The molecule has 0 N–H and O–H groups in total. The zero-order chi connectivity index (χ0) is 84.3. The number of hydrogen-bond acceptors (Lipinski definition) is 0. The standard InChI is InChI=1S/8C16H10/c1-3-11-7-9-13-5-2-6-14-10-8-12(4-1)15(11)16(13)14;7*1-2-8-13-12(7-1)14-9-3-5-11-6-4-10-15(13)16(11)14/h8*1-10H. The van der Waals surface area contributed by atoms with E-state index < -0.39 is 0 Å². The van der Waals surface area contributed by atoms with E-state index >= 15 is 0 Å². The van der Waals surface area contributed by atoms with Crippen molar-refractivity contribution < 1.29 is 0 Å². The first-order valence-electron chi connectivity index (χ1n) is 44.5. The van der Waals surface area contributed by atoms with E-state index in [1.165, 1.54) is 264 Å². The maximum atomic E-state index is 2.22. The van der Waals surface area contributed by atoms with Gasteiger partial charge in [0.2, 0.25) is 0 Å². The summed E-state index contributed by atoms with van der Waals surface area (Å²) in [6.45, 7) is 0. The normalized spacial score (nSPS) is 11.8. The van der Waals surface area contributed by atoms with E-state index in [0.29, 0.717) is 0 Å². The van der Waals surface area contributed by atoms with E-state index in [2.05, 4.69) is 485 Å². The van der Waals surface area contributed by atoms with Gasteiger partial charge in [0.1, 0.15) is 0 Å². The molecule has 25 aromatic carbocycles. The molecule has 0 spiro atoms. The van der Waals surface area contributed by atoms with Crippen LogP contribution in [0.5, 0.6) is 0 Å². The fourth-order valence-corrected chi connectivity index (χ4v) is 21.9. The fourth-order valence-electron chi connectivity index (χ4n) is 21.9. The van der Waals surface area contributed by atoms with Gasteiger partial charge in [-0.3, -0.25) is 0 Å². The topological polar surface area (TPSA) is 0 Å². The first kappa shape index (κ1) is 74.0. The molecule has 0 fully saturated rings. The van der Waals surface area contributed by atoms with Gasteiger partial charge < -0.3 is 0 Å². The first-order chi connectivity index (χ1) is 63.6. The van der Waals surface area contributed by atoms with E-state index in [9.17, 15) is 0 Å². The molecule has 0 nitrogen and oxygen atoms in total. The van der Waals surface area contributed by atoms with Crippen LogP contribution in [0.4, 0.5) is 0 Å². The number of rotatable bonds is 0. The van der Waals surface area contributed by atoms with Crippen molar-refractivity contribution in [2.24, 2.45) is 0 Å². The Hall–Kier alpha value is -16.6. The highest BCUT2D eigenvalue weighted by Crippen LogP contribution is 2.54. The van der Waals surface area contributed by atoms with Crippen molar-refractivity contribution in [3.63, 3.8) is 0 Å². The lowest BCUT2D eigenvalue weighted by molar-refractivity contribution is 1.70. The zero-order valence-electron chi connectivity index (χ0n) is 70.2. The first-order valence-corrected chi connectivity index (χ1v) is 44.5. The van der Waals surface area contributed by atoms with Gasteiger partial charge in [-0.1, -0.05) is 485 Å². The van der Waals surface area contributed by atoms with Gasteiger partial charge in [0.15, 0.2) is 0 Å². The van der Waals surface area contributed by atoms with Crippen LogP contribution in [-0.4, -0.2) is 0 Å². The number of hydrogen-bond donors (Lipinski definition) is 0. The minimum atomic E-state index is 1.34. The molecule has 0 atom stereocenters. The smallest absolute Gasteiger partial charge is 0.00264 e. The second-order valence-electron chi connectivity index (χ2n) is 34.1. The van der Waals surface area contributed by atoms with Crippen LogP contribution in [-0.2, 0) is 0 Å². The van der Waals surface area contributed by atoms with Gasteiger partial charge in [-0.25, -0.2) is 0 Å². The highest BCUT2D eigenvalue weighted by atomic mass is 14.3. The molecule has 0 saturated carbocycles. The highest BCUT2D eigenvalue weighted by molar-refractivity contribution is 6.25. The summed E-state index contributed by atoms with van der Waals surface area (Å²) < 4.78 is 0. The summed E-state index contributed by atoms with van der Waals surface area (Å²) in [5.74, 6) is 0. The van der Waals surface area contributed by atoms with Crippen LogP contribution in [0.3, 0.4) is 0 Å². The van der Waals surface area contributed by atoms with Gasteiger partial charge in [-0.05, 0) is 264 Å². The van der Waals surface area contributed by atoms with Gasteiger partial charge in [-0.15, -0.1) is 0 Å². The van der Waals surface area contributed by atoms with E-state index in [4.69, 9.17) is 0 Å². The van der Waals surface area contributed by atoms with Crippen molar-refractivity contribution in [2.75, 3.05) is 0 Å². The molecule has 0 aliphatic heterocycles. The minimum absolute atomic E-state index is 1.34. The molecule has 0 radical (unpaired) electrons. The summed E-state index contributed by atoms with van der Waals surface area (Å²) in [4.78, 5) is 0. The second kappa shape index (κ2) is 30.7. The Kier molecular flexibility index (Phi) is 17.8. The monoisotopic (exact) mass is 1620 g/mol. The molecule has 0 heteroatoms. The van der Waals surface area contributed by atoms with Crippen LogP contribution in [0.25, 0.3) is 264 Å². The summed E-state index contributed by atoms with van der Waals surface area (Å²) in [5, 5.41) is 27.4. The Bertz CT molecular complexity index is 7060. The summed E-state index contributed by atoms with van der Waals surface area (Å²) in [6.07, 6.45) is 0. The quantitative estimate of drug-likeness (QED) is 0.133. The molecule has 0 aromatic heterocycles. The largest absolute Gasteiger partial charge is 0.0616 e. The van der Waals surface area contributed by atoms with Crippen molar-refractivity contribution in [2.45, 2.75) is 0 Å². The zero-order valence-corrected chi connectivity index (χ0v) is 70.2. The molecule has 25 aromatic rings. The fraction of sp³-hybridized carbons (Fsp3) is 0. The SMILES string of the molecule is c1cc2ccc3cccc4ccc(c1)c2c34.c1ccc2c(c1)-c1cccc3cccc-2c13.c1ccc2c(c1)-c1cccc3cccc-2c13.c1ccc2c(c1)-c1cccc3cccc-2c13.c1ccc2c(c1)-c1cccc3cccc-2c13.c1ccc2c(c1)-c1cccc3cccc-2c13.c1ccc2c(c1)-c1cccc3cccc-2c13.c1ccc2c(c1)-c1cccc3cccc-2c13. The lowest BCUT2D eigenvalue weighted by Crippen LogP contribution is -1.82. The van der Waals surface area contributed by atoms with Gasteiger partial charge >= 0.3 is 0 Å². The summed E-state index contributed by atoms with van der Waals surface area (Å²) in [5.41, 5.74) is 38.5. The molecule has 0 amide bonds. The van der Waals surface area contributed by atoms with Gasteiger partial charge in [0.05, 0.1) is 0 Å². The third kappa shape index (κ3) is 12.1. The van der Waals surface area contributed by atoms with Crippen LogP contribution >= 0.6 is 0 Å². The van der Waals surface area contributed by atoms with Crippen LogP contribution in [0.15, 0.2) is 485 Å². The molecule has 7 aliphatic rings. The Morgan fingerprint density at radius 2 is 0.133 bits per heavy atom. The lowest BCUT2D eigenvalue weighted by atomic mass is 9.95.